The highest BCUT2D eigenvalue weighted by atomic mass is 35.5. The zero-order valence-electron chi connectivity index (χ0n) is 9.86. The molecule has 0 aliphatic heterocycles. The van der Waals surface area contributed by atoms with Gasteiger partial charge in [-0.2, -0.15) is 0 Å². The second-order valence-electron chi connectivity index (χ2n) is 3.62. The molecular weight excluding hydrogens is 260 g/mol. The van der Waals surface area contributed by atoms with Gasteiger partial charge in [0.05, 0.1) is 17.3 Å². The minimum Gasteiger partial charge on any atom is -0.494 e. The minimum atomic E-state index is -3.18. The van der Waals surface area contributed by atoms with Crippen LogP contribution >= 0.6 is 11.6 Å². The van der Waals surface area contributed by atoms with Crippen molar-refractivity contribution in [1.82, 2.24) is 0 Å². The molecule has 0 saturated heterocycles. The van der Waals surface area contributed by atoms with Crippen molar-refractivity contribution in [2.24, 2.45) is 0 Å². The van der Waals surface area contributed by atoms with Crippen LogP contribution in [0.25, 0.3) is 0 Å². The van der Waals surface area contributed by atoms with Crippen molar-refractivity contribution in [3.8, 4) is 5.75 Å². The van der Waals surface area contributed by atoms with Gasteiger partial charge in [0.15, 0.2) is 9.84 Å². The van der Waals surface area contributed by atoms with Crippen LogP contribution in [0.5, 0.6) is 5.75 Å². The maximum Gasteiger partial charge on any atom is 0.178 e. The fourth-order valence-electron chi connectivity index (χ4n) is 1.41. The number of halogens is 1. The summed E-state index contributed by atoms with van der Waals surface area (Å²) < 4.78 is 29.0. The van der Waals surface area contributed by atoms with Crippen LogP contribution in [-0.4, -0.2) is 26.7 Å². The molecular formula is C12H17ClO3S. The molecule has 0 amide bonds. The van der Waals surface area contributed by atoms with E-state index < -0.39 is 9.84 Å². The Labute approximate surface area is 108 Å². The summed E-state index contributed by atoms with van der Waals surface area (Å²) in [6.07, 6.45) is 1.32. The number of hydrogen-bond donors (Lipinski definition) is 0. The second kappa shape index (κ2) is 6.87. The van der Waals surface area contributed by atoms with Crippen molar-refractivity contribution in [2.75, 3.05) is 18.2 Å². The molecule has 96 valence electrons. The van der Waals surface area contributed by atoms with Gasteiger partial charge in [0.2, 0.25) is 0 Å². The third-order valence-electron chi connectivity index (χ3n) is 2.29. The van der Waals surface area contributed by atoms with Gasteiger partial charge >= 0.3 is 0 Å². The monoisotopic (exact) mass is 276 g/mol. The molecule has 3 nitrogen and oxygen atoms in total. The van der Waals surface area contributed by atoms with Crippen LogP contribution in [0.1, 0.15) is 19.8 Å². The van der Waals surface area contributed by atoms with Gasteiger partial charge in [0.1, 0.15) is 5.75 Å². The smallest absolute Gasteiger partial charge is 0.178 e. The number of alkyl halides is 1. The molecule has 0 bridgehead atoms. The van der Waals surface area contributed by atoms with Gasteiger partial charge in [-0.3, -0.25) is 0 Å². The molecule has 0 radical (unpaired) electrons. The Kier molecular flexibility index (Phi) is 5.78. The molecule has 0 unspecified atom stereocenters. The van der Waals surface area contributed by atoms with Crippen molar-refractivity contribution in [1.29, 1.82) is 0 Å². The van der Waals surface area contributed by atoms with E-state index in [1.54, 1.807) is 24.3 Å². The average Bonchev–Trinajstić information content (AvgIpc) is 2.30. The highest BCUT2D eigenvalue weighted by molar-refractivity contribution is 7.91. The van der Waals surface area contributed by atoms with E-state index in [-0.39, 0.29) is 5.75 Å². The maximum atomic E-state index is 11.9. The topological polar surface area (TPSA) is 43.4 Å². The molecule has 1 aromatic rings. The summed E-state index contributed by atoms with van der Waals surface area (Å²) in [7, 11) is -3.18. The van der Waals surface area contributed by atoms with E-state index in [0.29, 0.717) is 29.6 Å². The minimum absolute atomic E-state index is 0.147. The molecule has 0 N–H and O–H groups in total. The summed E-state index contributed by atoms with van der Waals surface area (Å²) in [6, 6.07) is 6.53. The Hall–Kier alpha value is -0.740. The molecule has 17 heavy (non-hydrogen) atoms. The zero-order valence-corrected chi connectivity index (χ0v) is 11.4. The van der Waals surface area contributed by atoms with Gasteiger partial charge in [0, 0.05) is 5.88 Å². The molecule has 1 aromatic carbocycles. The van der Waals surface area contributed by atoms with E-state index in [4.69, 9.17) is 16.3 Å². The van der Waals surface area contributed by atoms with Crippen molar-refractivity contribution in [3.63, 3.8) is 0 Å². The van der Waals surface area contributed by atoms with E-state index >= 15 is 0 Å². The van der Waals surface area contributed by atoms with Gasteiger partial charge in [-0.25, -0.2) is 8.42 Å². The summed E-state index contributed by atoms with van der Waals surface area (Å²) >= 11 is 5.52. The lowest BCUT2D eigenvalue weighted by atomic mass is 10.3. The normalized spacial score (nSPS) is 11.4. The summed E-state index contributed by atoms with van der Waals surface area (Å²) in [6.45, 7) is 2.46. The van der Waals surface area contributed by atoms with Crippen molar-refractivity contribution in [3.05, 3.63) is 24.3 Å². The van der Waals surface area contributed by atoms with Crippen LogP contribution in [0.15, 0.2) is 29.2 Å². The quantitative estimate of drug-likeness (QED) is 0.568. The van der Waals surface area contributed by atoms with Gasteiger partial charge in [-0.1, -0.05) is 0 Å². The van der Waals surface area contributed by atoms with Crippen LogP contribution in [0, 0.1) is 0 Å². The molecule has 0 aliphatic rings. The summed E-state index contributed by atoms with van der Waals surface area (Å²) in [5, 5.41) is 0. The average molecular weight is 277 g/mol. The maximum absolute atomic E-state index is 11.9. The number of hydrogen-bond acceptors (Lipinski definition) is 3. The predicted octanol–water partition coefficient (Wildman–Crippen LogP) is 2.88. The highest BCUT2D eigenvalue weighted by Gasteiger charge is 2.13. The second-order valence-corrected chi connectivity index (χ2v) is 6.11. The number of rotatable bonds is 7. The van der Waals surface area contributed by atoms with Crippen LogP contribution in [-0.2, 0) is 9.84 Å². The molecule has 0 saturated carbocycles. The SMILES string of the molecule is CCOc1ccc(S(=O)(=O)CCCCCl)cc1. The van der Waals surface area contributed by atoms with E-state index in [1.807, 2.05) is 6.92 Å². The molecule has 0 atom stereocenters. The Morgan fingerprint density at radius 3 is 2.35 bits per heavy atom. The highest BCUT2D eigenvalue weighted by Crippen LogP contribution is 2.18. The number of ether oxygens (including phenoxy) is 1. The predicted molar refractivity (Wildman–Crippen MR) is 69.6 cm³/mol. The van der Waals surface area contributed by atoms with Crippen LogP contribution < -0.4 is 4.74 Å². The lowest BCUT2D eigenvalue weighted by molar-refractivity contribution is 0.340. The van der Waals surface area contributed by atoms with Crippen molar-refractivity contribution >= 4 is 21.4 Å². The van der Waals surface area contributed by atoms with E-state index in [2.05, 4.69) is 0 Å². The van der Waals surface area contributed by atoms with Crippen molar-refractivity contribution in [2.45, 2.75) is 24.7 Å². The first-order valence-corrected chi connectivity index (χ1v) is 7.80. The first-order chi connectivity index (χ1) is 8.10. The summed E-state index contributed by atoms with van der Waals surface area (Å²) in [5.41, 5.74) is 0. The van der Waals surface area contributed by atoms with Gasteiger partial charge < -0.3 is 4.74 Å². The van der Waals surface area contributed by atoms with Crippen LogP contribution in [0.3, 0.4) is 0 Å². The largest absolute Gasteiger partial charge is 0.494 e. The molecule has 0 fully saturated rings. The van der Waals surface area contributed by atoms with Gasteiger partial charge in [0.25, 0.3) is 0 Å². The standard InChI is InChI=1S/C12H17ClO3S/c1-2-16-11-5-7-12(8-6-11)17(14,15)10-4-3-9-13/h5-8H,2-4,9-10H2,1H3. The lowest BCUT2D eigenvalue weighted by Gasteiger charge is -2.06. The van der Waals surface area contributed by atoms with Crippen LogP contribution in [0.4, 0.5) is 0 Å². The molecule has 1 rings (SSSR count). The van der Waals surface area contributed by atoms with E-state index in [1.165, 1.54) is 0 Å². The third-order valence-corrected chi connectivity index (χ3v) is 4.37. The van der Waals surface area contributed by atoms with Gasteiger partial charge in [-0.15, -0.1) is 11.6 Å². The number of unbranched alkanes of at least 4 members (excludes halogenated alkanes) is 1. The van der Waals surface area contributed by atoms with Crippen molar-refractivity contribution < 1.29 is 13.2 Å². The number of sulfone groups is 1. The summed E-state index contributed by atoms with van der Waals surface area (Å²) in [5.74, 6) is 1.33. The number of benzene rings is 1. The Balaban J connectivity index is 2.71. The van der Waals surface area contributed by atoms with E-state index in [0.717, 1.165) is 6.42 Å². The summed E-state index contributed by atoms with van der Waals surface area (Å²) in [4.78, 5) is 0.343. The van der Waals surface area contributed by atoms with Gasteiger partial charge in [-0.05, 0) is 44.0 Å². The molecule has 0 aliphatic carbocycles. The Morgan fingerprint density at radius 2 is 1.82 bits per heavy atom. The fraction of sp³-hybridized carbons (Fsp3) is 0.500. The first-order valence-electron chi connectivity index (χ1n) is 5.61. The van der Waals surface area contributed by atoms with E-state index in [9.17, 15) is 8.42 Å². The first kappa shape index (κ1) is 14.3. The molecule has 0 spiro atoms. The molecule has 0 heterocycles. The molecule has 0 aromatic heterocycles. The zero-order chi connectivity index (χ0) is 12.7. The molecule has 5 heteroatoms. The van der Waals surface area contributed by atoms with Crippen LogP contribution in [0.2, 0.25) is 0 Å². The fourth-order valence-corrected chi connectivity index (χ4v) is 2.97. The Bertz CT molecular complexity index is 426. The lowest BCUT2D eigenvalue weighted by Crippen LogP contribution is -2.07. The Morgan fingerprint density at radius 1 is 1.18 bits per heavy atom. The third kappa shape index (κ3) is 4.56.